The van der Waals surface area contributed by atoms with Crippen LogP contribution in [0.5, 0.6) is 0 Å². The van der Waals surface area contributed by atoms with Gasteiger partial charge in [0.05, 0.1) is 12.9 Å². The molecule has 0 rings (SSSR count). The Morgan fingerprint density at radius 1 is 1.36 bits per heavy atom. The normalized spacial score (nSPS) is 15.3. The molecule has 0 aliphatic rings. The highest BCUT2D eigenvalue weighted by molar-refractivity contribution is 4.95. The van der Waals surface area contributed by atoms with E-state index in [4.69, 9.17) is 4.74 Å². The maximum absolute atomic E-state index is 5.22. The quantitative estimate of drug-likeness (QED) is 0.568. The van der Waals surface area contributed by atoms with Crippen LogP contribution in [0.2, 0.25) is 0 Å². The van der Waals surface area contributed by atoms with Crippen molar-refractivity contribution in [2.75, 3.05) is 7.11 Å². The van der Waals surface area contributed by atoms with Crippen LogP contribution in [0, 0.1) is 11.8 Å². The number of rotatable bonds is 4. The second-order valence-corrected chi connectivity index (χ2v) is 3.43. The largest absolute Gasteiger partial charge is 0.501 e. The lowest BCUT2D eigenvalue weighted by atomic mass is 9.97. The van der Waals surface area contributed by atoms with E-state index in [0.717, 1.165) is 11.7 Å². The van der Waals surface area contributed by atoms with Crippen molar-refractivity contribution in [2.45, 2.75) is 34.1 Å². The van der Waals surface area contributed by atoms with Crippen molar-refractivity contribution < 1.29 is 4.74 Å². The third-order valence-corrected chi connectivity index (χ3v) is 1.83. The number of allylic oxidation sites excluding steroid dienone is 2. The summed E-state index contributed by atoms with van der Waals surface area (Å²) >= 11 is 0. The second kappa shape index (κ2) is 5.22. The van der Waals surface area contributed by atoms with E-state index >= 15 is 0 Å². The van der Waals surface area contributed by atoms with E-state index in [1.165, 1.54) is 6.42 Å². The number of ether oxygens (including phenoxy) is 1. The summed E-state index contributed by atoms with van der Waals surface area (Å²) in [7, 11) is 1.74. The highest BCUT2D eigenvalue weighted by atomic mass is 16.5. The predicted molar refractivity (Wildman–Crippen MR) is 49.4 cm³/mol. The molecule has 0 aromatic rings. The Labute approximate surface area is 70.4 Å². The Balaban J connectivity index is 3.90. The van der Waals surface area contributed by atoms with E-state index in [2.05, 4.69) is 20.8 Å². The van der Waals surface area contributed by atoms with Crippen molar-refractivity contribution in [2.24, 2.45) is 11.8 Å². The fourth-order valence-corrected chi connectivity index (χ4v) is 1.43. The van der Waals surface area contributed by atoms with Crippen LogP contribution in [0.15, 0.2) is 11.8 Å². The maximum Gasteiger partial charge on any atom is 0.0941 e. The Bertz CT molecular complexity index is 125. The molecule has 0 aliphatic carbocycles. The summed E-state index contributed by atoms with van der Waals surface area (Å²) < 4.78 is 5.22. The van der Waals surface area contributed by atoms with Gasteiger partial charge in [0.25, 0.3) is 0 Å². The van der Waals surface area contributed by atoms with Gasteiger partial charge in [-0.2, -0.15) is 0 Å². The smallest absolute Gasteiger partial charge is 0.0941 e. The third-order valence-electron chi connectivity index (χ3n) is 1.83. The molecular weight excluding hydrogens is 136 g/mol. The molecule has 1 heteroatoms. The van der Waals surface area contributed by atoms with E-state index in [1.807, 2.05) is 13.0 Å². The van der Waals surface area contributed by atoms with Gasteiger partial charge in [0, 0.05) is 5.92 Å². The molecular formula is C10H20O. The average Bonchev–Trinajstić information content (AvgIpc) is 1.88. The van der Waals surface area contributed by atoms with Gasteiger partial charge >= 0.3 is 0 Å². The monoisotopic (exact) mass is 156 g/mol. The lowest BCUT2D eigenvalue weighted by Crippen LogP contribution is -2.04. The highest BCUT2D eigenvalue weighted by Crippen LogP contribution is 2.19. The van der Waals surface area contributed by atoms with Gasteiger partial charge in [0.1, 0.15) is 0 Å². The summed E-state index contributed by atoms with van der Waals surface area (Å²) in [6.07, 6.45) is 3.25. The second-order valence-electron chi connectivity index (χ2n) is 3.43. The van der Waals surface area contributed by atoms with E-state index in [9.17, 15) is 0 Å². The first kappa shape index (κ1) is 10.5. The van der Waals surface area contributed by atoms with Crippen LogP contribution < -0.4 is 0 Å². The topological polar surface area (TPSA) is 9.23 Å². The van der Waals surface area contributed by atoms with Crippen molar-refractivity contribution in [1.29, 1.82) is 0 Å². The van der Waals surface area contributed by atoms with E-state index in [0.29, 0.717) is 5.92 Å². The molecule has 0 bridgehead atoms. The minimum atomic E-state index is 0.560. The molecule has 0 spiro atoms. The van der Waals surface area contributed by atoms with Crippen LogP contribution in [0.1, 0.15) is 34.1 Å². The van der Waals surface area contributed by atoms with Crippen molar-refractivity contribution in [3.05, 3.63) is 11.8 Å². The van der Waals surface area contributed by atoms with Gasteiger partial charge in [-0.05, 0) is 25.3 Å². The molecule has 1 unspecified atom stereocenters. The van der Waals surface area contributed by atoms with Crippen LogP contribution in [-0.2, 0) is 4.74 Å². The summed E-state index contributed by atoms with van der Waals surface area (Å²) in [6, 6.07) is 0. The van der Waals surface area contributed by atoms with Crippen LogP contribution in [0.3, 0.4) is 0 Å². The van der Waals surface area contributed by atoms with Crippen molar-refractivity contribution >= 4 is 0 Å². The molecule has 0 radical (unpaired) electrons. The SMILES string of the molecule is C/C=C(/OC)C(C)CC(C)C. The molecule has 66 valence electrons. The summed E-state index contributed by atoms with van der Waals surface area (Å²) in [6.45, 7) is 8.70. The molecule has 0 saturated heterocycles. The molecule has 0 amide bonds. The number of hydrogen-bond donors (Lipinski definition) is 0. The van der Waals surface area contributed by atoms with Crippen LogP contribution in [-0.4, -0.2) is 7.11 Å². The average molecular weight is 156 g/mol. The van der Waals surface area contributed by atoms with Crippen molar-refractivity contribution in [3.63, 3.8) is 0 Å². The molecule has 0 aromatic carbocycles. The van der Waals surface area contributed by atoms with Gasteiger partial charge < -0.3 is 4.74 Å². The third kappa shape index (κ3) is 4.07. The number of methoxy groups -OCH3 is 1. The molecule has 1 atom stereocenters. The summed E-state index contributed by atoms with van der Waals surface area (Å²) in [4.78, 5) is 0. The minimum Gasteiger partial charge on any atom is -0.501 e. The first-order valence-electron chi connectivity index (χ1n) is 4.32. The Hall–Kier alpha value is -0.460. The molecule has 11 heavy (non-hydrogen) atoms. The van der Waals surface area contributed by atoms with Gasteiger partial charge in [0.15, 0.2) is 0 Å². The van der Waals surface area contributed by atoms with E-state index in [-0.39, 0.29) is 0 Å². The van der Waals surface area contributed by atoms with Gasteiger partial charge in [-0.3, -0.25) is 0 Å². The lowest BCUT2D eigenvalue weighted by Gasteiger charge is -2.16. The Morgan fingerprint density at radius 2 is 1.91 bits per heavy atom. The first-order chi connectivity index (χ1) is 5.11. The van der Waals surface area contributed by atoms with Crippen molar-refractivity contribution in [3.8, 4) is 0 Å². The fourth-order valence-electron chi connectivity index (χ4n) is 1.43. The molecule has 0 aliphatic heterocycles. The van der Waals surface area contributed by atoms with Gasteiger partial charge in [-0.15, -0.1) is 0 Å². The standard InChI is InChI=1S/C10H20O/c1-6-10(11-5)9(4)7-8(2)3/h6,8-9H,7H2,1-5H3/b10-6+. The highest BCUT2D eigenvalue weighted by Gasteiger charge is 2.09. The van der Waals surface area contributed by atoms with Crippen molar-refractivity contribution in [1.82, 2.24) is 0 Å². The minimum absolute atomic E-state index is 0.560. The fraction of sp³-hybridized carbons (Fsp3) is 0.800. The zero-order valence-corrected chi connectivity index (χ0v) is 8.35. The molecule has 0 fully saturated rings. The molecule has 0 saturated carbocycles. The lowest BCUT2D eigenvalue weighted by molar-refractivity contribution is 0.233. The molecule has 0 N–H and O–H groups in total. The zero-order valence-electron chi connectivity index (χ0n) is 8.35. The molecule has 1 nitrogen and oxygen atoms in total. The Morgan fingerprint density at radius 3 is 2.18 bits per heavy atom. The zero-order chi connectivity index (χ0) is 8.85. The van der Waals surface area contributed by atoms with Gasteiger partial charge in [-0.1, -0.05) is 20.8 Å². The summed E-state index contributed by atoms with van der Waals surface area (Å²) in [5.41, 5.74) is 0. The van der Waals surface area contributed by atoms with Gasteiger partial charge in [0.2, 0.25) is 0 Å². The van der Waals surface area contributed by atoms with Crippen LogP contribution in [0.25, 0.3) is 0 Å². The molecule has 0 heterocycles. The predicted octanol–water partition coefficient (Wildman–Crippen LogP) is 3.22. The summed E-state index contributed by atoms with van der Waals surface area (Å²) in [5, 5.41) is 0. The van der Waals surface area contributed by atoms with E-state index < -0.39 is 0 Å². The summed E-state index contributed by atoms with van der Waals surface area (Å²) in [5.74, 6) is 2.42. The van der Waals surface area contributed by atoms with Gasteiger partial charge in [-0.25, -0.2) is 0 Å². The van der Waals surface area contributed by atoms with Crippen LogP contribution in [0.4, 0.5) is 0 Å². The maximum atomic E-state index is 5.22. The van der Waals surface area contributed by atoms with Crippen LogP contribution >= 0.6 is 0 Å². The van der Waals surface area contributed by atoms with E-state index in [1.54, 1.807) is 7.11 Å². The number of hydrogen-bond acceptors (Lipinski definition) is 1. The molecule has 0 aromatic heterocycles. The Kier molecular flexibility index (Phi) is 5.01. The first-order valence-corrected chi connectivity index (χ1v) is 4.32.